The molecule has 0 atom stereocenters. The molecule has 2 N–H and O–H groups in total. The summed E-state index contributed by atoms with van der Waals surface area (Å²) < 4.78 is 10.6. The standard InChI is InChI=1S/C18H22N4O3/c1-3-4-7-19-18-21-12(2)8-14(22-18)17(23)20-10-13-5-6-15-16(9-13)25-11-24-15/h5-6,8-9H,3-4,7,10-11H2,1-2H3,(H,20,23)(H,19,21,22). The fraction of sp³-hybridized carbons (Fsp3) is 0.389. The predicted octanol–water partition coefficient (Wildman–Crippen LogP) is 2.66. The first-order valence-electron chi connectivity index (χ1n) is 8.42. The van der Waals surface area contributed by atoms with E-state index in [-0.39, 0.29) is 12.7 Å². The Hall–Kier alpha value is -2.83. The number of nitrogens with zero attached hydrogens (tertiary/aromatic N) is 2. The number of rotatable bonds is 7. The molecule has 132 valence electrons. The summed E-state index contributed by atoms with van der Waals surface area (Å²) in [6, 6.07) is 7.29. The molecule has 0 spiro atoms. The number of fused-ring (bicyclic) bond motifs is 1. The molecule has 0 aliphatic carbocycles. The average Bonchev–Trinajstić information content (AvgIpc) is 3.07. The Bertz CT molecular complexity index is 764. The predicted molar refractivity (Wildman–Crippen MR) is 93.9 cm³/mol. The highest BCUT2D eigenvalue weighted by Gasteiger charge is 2.14. The number of amides is 1. The second-order valence-electron chi connectivity index (χ2n) is 5.87. The second-order valence-corrected chi connectivity index (χ2v) is 5.87. The first-order valence-corrected chi connectivity index (χ1v) is 8.42. The van der Waals surface area contributed by atoms with Gasteiger partial charge in [-0.05, 0) is 37.1 Å². The number of hydrogen-bond donors (Lipinski definition) is 2. The maximum atomic E-state index is 12.4. The molecule has 2 aromatic rings. The van der Waals surface area contributed by atoms with Crippen molar-refractivity contribution in [3.8, 4) is 11.5 Å². The maximum Gasteiger partial charge on any atom is 0.270 e. The number of nitrogens with one attached hydrogen (secondary N) is 2. The van der Waals surface area contributed by atoms with Crippen LogP contribution < -0.4 is 20.1 Å². The summed E-state index contributed by atoms with van der Waals surface area (Å²) in [5.74, 6) is 1.68. The lowest BCUT2D eigenvalue weighted by molar-refractivity contribution is 0.0945. The van der Waals surface area contributed by atoms with Gasteiger partial charge in [-0.3, -0.25) is 4.79 Å². The number of aryl methyl sites for hydroxylation is 1. The first kappa shape index (κ1) is 17.0. The third kappa shape index (κ3) is 4.37. The van der Waals surface area contributed by atoms with Gasteiger partial charge in [0.25, 0.3) is 5.91 Å². The molecule has 0 saturated carbocycles. The molecule has 1 aliphatic heterocycles. The van der Waals surface area contributed by atoms with E-state index in [0.717, 1.165) is 36.4 Å². The summed E-state index contributed by atoms with van der Waals surface area (Å²) >= 11 is 0. The van der Waals surface area contributed by atoms with Crippen LogP contribution in [0.15, 0.2) is 24.3 Å². The van der Waals surface area contributed by atoms with Gasteiger partial charge in [-0.15, -0.1) is 0 Å². The van der Waals surface area contributed by atoms with Crippen molar-refractivity contribution < 1.29 is 14.3 Å². The molecular weight excluding hydrogens is 320 g/mol. The molecule has 3 rings (SSSR count). The molecule has 1 amide bonds. The second kappa shape index (κ2) is 7.83. The first-order chi connectivity index (χ1) is 12.2. The molecule has 0 radical (unpaired) electrons. The highest BCUT2D eigenvalue weighted by atomic mass is 16.7. The number of unbranched alkanes of at least 4 members (excludes halogenated alkanes) is 1. The van der Waals surface area contributed by atoms with E-state index in [9.17, 15) is 4.79 Å². The van der Waals surface area contributed by atoms with Crippen molar-refractivity contribution in [1.82, 2.24) is 15.3 Å². The van der Waals surface area contributed by atoms with Gasteiger partial charge in [0, 0.05) is 18.8 Å². The van der Waals surface area contributed by atoms with Crippen molar-refractivity contribution in [2.24, 2.45) is 0 Å². The monoisotopic (exact) mass is 342 g/mol. The molecule has 0 unspecified atom stereocenters. The van der Waals surface area contributed by atoms with Gasteiger partial charge in [-0.2, -0.15) is 0 Å². The molecule has 1 aromatic carbocycles. The lowest BCUT2D eigenvalue weighted by Crippen LogP contribution is -2.24. The summed E-state index contributed by atoms with van der Waals surface area (Å²) in [7, 11) is 0. The Morgan fingerprint density at radius 1 is 1.20 bits per heavy atom. The van der Waals surface area contributed by atoms with Gasteiger partial charge in [-0.25, -0.2) is 9.97 Å². The van der Waals surface area contributed by atoms with E-state index < -0.39 is 0 Å². The van der Waals surface area contributed by atoms with Crippen LogP contribution in [0.2, 0.25) is 0 Å². The largest absolute Gasteiger partial charge is 0.454 e. The number of carbonyl (C=O) groups excluding carboxylic acids is 1. The smallest absolute Gasteiger partial charge is 0.270 e. The fourth-order valence-electron chi connectivity index (χ4n) is 2.46. The summed E-state index contributed by atoms with van der Waals surface area (Å²) in [4.78, 5) is 21.0. The van der Waals surface area contributed by atoms with Crippen molar-refractivity contribution in [3.05, 3.63) is 41.2 Å². The molecule has 0 fully saturated rings. The molecule has 1 aromatic heterocycles. The normalized spacial score (nSPS) is 12.1. The fourth-order valence-corrected chi connectivity index (χ4v) is 2.46. The molecular formula is C18H22N4O3. The molecule has 2 heterocycles. The topological polar surface area (TPSA) is 85.4 Å². The summed E-state index contributed by atoms with van der Waals surface area (Å²) in [6.07, 6.45) is 2.12. The number of benzene rings is 1. The van der Waals surface area contributed by atoms with Crippen molar-refractivity contribution in [2.75, 3.05) is 18.7 Å². The molecule has 7 heteroatoms. The quantitative estimate of drug-likeness (QED) is 0.753. The lowest BCUT2D eigenvalue weighted by Gasteiger charge is -2.09. The van der Waals surface area contributed by atoms with Crippen LogP contribution in [-0.4, -0.2) is 29.2 Å². The van der Waals surface area contributed by atoms with Crippen LogP contribution in [0.1, 0.15) is 41.5 Å². The molecule has 25 heavy (non-hydrogen) atoms. The minimum Gasteiger partial charge on any atom is -0.454 e. The molecule has 1 aliphatic rings. The summed E-state index contributed by atoms with van der Waals surface area (Å²) in [6.45, 7) is 5.38. The number of carbonyl (C=O) groups is 1. The third-order valence-corrected chi connectivity index (χ3v) is 3.79. The van der Waals surface area contributed by atoms with Gasteiger partial charge in [0.2, 0.25) is 12.7 Å². The molecule has 7 nitrogen and oxygen atoms in total. The van der Waals surface area contributed by atoms with Crippen molar-refractivity contribution in [3.63, 3.8) is 0 Å². The van der Waals surface area contributed by atoms with E-state index in [2.05, 4.69) is 27.5 Å². The zero-order valence-electron chi connectivity index (χ0n) is 14.5. The van der Waals surface area contributed by atoms with E-state index in [1.807, 2.05) is 25.1 Å². The van der Waals surface area contributed by atoms with E-state index in [4.69, 9.17) is 9.47 Å². The van der Waals surface area contributed by atoms with Crippen molar-refractivity contribution in [1.29, 1.82) is 0 Å². The lowest BCUT2D eigenvalue weighted by atomic mass is 10.2. The Balaban J connectivity index is 1.62. The SMILES string of the molecule is CCCCNc1nc(C)cc(C(=O)NCc2ccc3c(c2)OCO3)n1. The van der Waals surface area contributed by atoms with Crippen molar-refractivity contribution >= 4 is 11.9 Å². The summed E-state index contributed by atoms with van der Waals surface area (Å²) in [5, 5.41) is 6.03. The van der Waals surface area contributed by atoms with Crippen LogP contribution in [0.25, 0.3) is 0 Å². The van der Waals surface area contributed by atoms with Gasteiger partial charge in [-0.1, -0.05) is 19.4 Å². The van der Waals surface area contributed by atoms with E-state index in [0.29, 0.717) is 23.9 Å². The van der Waals surface area contributed by atoms with Gasteiger partial charge < -0.3 is 20.1 Å². The van der Waals surface area contributed by atoms with Crippen LogP contribution in [0.4, 0.5) is 5.95 Å². The zero-order chi connectivity index (χ0) is 17.6. The van der Waals surface area contributed by atoms with Gasteiger partial charge in [0.05, 0.1) is 0 Å². The van der Waals surface area contributed by atoms with Crippen molar-refractivity contribution in [2.45, 2.75) is 33.2 Å². The van der Waals surface area contributed by atoms with E-state index in [1.54, 1.807) is 6.07 Å². The Morgan fingerprint density at radius 3 is 2.88 bits per heavy atom. The number of hydrogen-bond acceptors (Lipinski definition) is 6. The van der Waals surface area contributed by atoms with E-state index in [1.165, 1.54) is 0 Å². The Morgan fingerprint density at radius 2 is 2.04 bits per heavy atom. The Labute approximate surface area is 146 Å². The van der Waals surface area contributed by atoms with Crippen LogP contribution in [0.5, 0.6) is 11.5 Å². The maximum absolute atomic E-state index is 12.4. The van der Waals surface area contributed by atoms with Crippen LogP contribution in [0, 0.1) is 6.92 Å². The van der Waals surface area contributed by atoms with Gasteiger partial charge >= 0.3 is 0 Å². The number of anilines is 1. The van der Waals surface area contributed by atoms with Crippen LogP contribution >= 0.6 is 0 Å². The average molecular weight is 342 g/mol. The Kier molecular flexibility index (Phi) is 5.33. The minimum atomic E-state index is -0.235. The highest BCUT2D eigenvalue weighted by molar-refractivity contribution is 5.92. The van der Waals surface area contributed by atoms with Crippen LogP contribution in [0.3, 0.4) is 0 Å². The van der Waals surface area contributed by atoms with E-state index >= 15 is 0 Å². The van der Waals surface area contributed by atoms with Crippen LogP contribution in [-0.2, 0) is 6.54 Å². The summed E-state index contributed by atoms with van der Waals surface area (Å²) in [5.41, 5.74) is 2.04. The number of aromatic nitrogens is 2. The molecule has 0 bridgehead atoms. The molecule has 0 saturated heterocycles. The minimum absolute atomic E-state index is 0.235. The highest BCUT2D eigenvalue weighted by Crippen LogP contribution is 2.32. The third-order valence-electron chi connectivity index (χ3n) is 3.79. The van der Waals surface area contributed by atoms with Gasteiger partial charge in [0.15, 0.2) is 11.5 Å². The number of ether oxygens (including phenoxy) is 2. The van der Waals surface area contributed by atoms with Gasteiger partial charge in [0.1, 0.15) is 5.69 Å². The zero-order valence-corrected chi connectivity index (χ0v) is 14.5.